The summed E-state index contributed by atoms with van der Waals surface area (Å²) in [5, 5.41) is 3.50. The molecule has 1 rings (SSSR count). The lowest BCUT2D eigenvalue weighted by Gasteiger charge is -2.34. The predicted molar refractivity (Wildman–Crippen MR) is 101 cm³/mol. The van der Waals surface area contributed by atoms with Crippen molar-refractivity contribution in [2.24, 2.45) is 4.99 Å². The molecule has 0 aromatic carbocycles. The zero-order valence-electron chi connectivity index (χ0n) is 16.2. The maximum Gasteiger partial charge on any atom is 0.193 e. The number of aliphatic imine (C=N–C) groups is 1. The maximum atomic E-state index is 5.92. The van der Waals surface area contributed by atoms with E-state index in [4.69, 9.17) is 9.47 Å². The van der Waals surface area contributed by atoms with E-state index in [0.717, 1.165) is 64.6 Å². The summed E-state index contributed by atoms with van der Waals surface area (Å²) in [6.45, 7) is 9.01. The standard InChI is InChI=1S/C18H38N4O2/c1-5-6-11-21(3)14-10-20-18(19-2)22-12-8-17(9-13-22)24-16-7-15-23-4/h17H,5-16H2,1-4H3,(H,19,20). The molecule has 1 fully saturated rings. The van der Waals surface area contributed by atoms with E-state index in [-0.39, 0.29) is 0 Å². The SMILES string of the molecule is CCCCN(C)CCNC(=NC)N1CCC(OCCCOC)CC1. The Morgan fingerprint density at radius 2 is 1.96 bits per heavy atom. The van der Waals surface area contributed by atoms with E-state index in [9.17, 15) is 0 Å². The Balaban J connectivity index is 2.18. The molecule has 0 atom stereocenters. The highest BCUT2D eigenvalue weighted by atomic mass is 16.5. The number of likely N-dealkylation sites (N-methyl/N-ethyl adjacent to an activating group) is 1. The average molecular weight is 343 g/mol. The van der Waals surface area contributed by atoms with Gasteiger partial charge in [0.25, 0.3) is 0 Å². The first-order chi connectivity index (χ1) is 11.7. The van der Waals surface area contributed by atoms with Crippen molar-refractivity contribution in [2.75, 3.05) is 67.1 Å². The minimum absolute atomic E-state index is 0.386. The largest absolute Gasteiger partial charge is 0.385 e. The molecule has 6 nitrogen and oxygen atoms in total. The Morgan fingerprint density at radius 3 is 2.58 bits per heavy atom. The van der Waals surface area contributed by atoms with E-state index >= 15 is 0 Å². The number of piperidine rings is 1. The van der Waals surface area contributed by atoms with Crippen molar-refractivity contribution in [3.63, 3.8) is 0 Å². The molecule has 0 unspecified atom stereocenters. The number of guanidine groups is 1. The van der Waals surface area contributed by atoms with E-state index in [1.807, 2.05) is 7.05 Å². The first-order valence-electron chi connectivity index (χ1n) is 9.46. The van der Waals surface area contributed by atoms with Gasteiger partial charge in [0.05, 0.1) is 6.10 Å². The van der Waals surface area contributed by atoms with Gasteiger partial charge in [-0.1, -0.05) is 13.3 Å². The lowest BCUT2D eigenvalue weighted by atomic mass is 10.1. The molecule has 1 N–H and O–H groups in total. The lowest BCUT2D eigenvalue weighted by Crippen LogP contribution is -2.48. The maximum absolute atomic E-state index is 5.92. The third-order valence-corrected chi connectivity index (χ3v) is 4.47. The van der Waals surface area contributed by atoms with Crippen molar-refractivity contribution in [1.29, 1.82) is 0 Å². The van der Waals surface area contributed by atoms with Crippen molar-refractivity contribution >= 4 is 5.96 Å². The number of hydrogen-bond acceptors (Lipinski definition) is 4. The second-order valence-corrected chi connectivity index (χ2v) is 6.53. The number of likely N-dealkylation sites (tertiary alicyclic amines) is 1. The van der Waals surface area contributed by atoms with Crippen LogP contribution < -0.4 is 5.32 Å². The van der Waals surface area contributed by atoms with Crippen molar-refractivity contribution < 1.29 is 9.47 Å². The molecule has 0 spiro atoms. The second-order valence-electron chi connectivity index (χ2n) is 6.53. The smallest absolute Gasteiger partial charge is 0.193 e. The summed E-state index contributed by atoms with van der Waals surface area (Å²) < 4.78 is 11.0. The van der Waals surface area contributed by atoms with Gasteiger partial charge < -0.3 is 24.6 Å². The molecule has 1 saturated heterocycles. The minimum Gasteiger partial charge on any atom is -0.385 e. The molecule has 0 aromatic rings. The third kappa shape index (κ3) is 8.85. The van der Waals surface area contributed by atoms with Crippen LogP contribution in [-0.2, 0) is 9.47 Å². The Labute approximate surface area is 148 Å². The van der Waals surface area contributed by atoms with Gasteiger partial charge in [-0.3, -0.25) is 4.99 Å². The Bertz CT molecular complexity index is 331. The topological polar surface area (TPSA) is 49.3 Å². The monoisotopic (exact) mass is 342 g/mol. The van der Waals surface area contributed by atoms with Crippen LogP contribution in [-0.4, -0.2) is 89.0 Å². The van der Waals surface area contributed by atoms with E-state index in [2.05, 4.69) is 34.1 Å². The molecule has 0 aromatic heterocycles. The fraction of sp³-hybridized carbons (Fsp3) is 0.944. The molecule has 24 heavy (non-hydrogen) atoms. The van der Waals surface area contributed by atoms with Crippen LogP contribution in [0.4, 0.5) is 0 Å². The highest BCUT2D eigenvalue weighted by molar-refractivity contribution is 5.79. The molecule has 1 heterocycles. The average Bonchev–Trinajstić information content (AvgIpc) is 2.61. The highest BCUT2D eigenvalue weighted by Gasteiger charge is 2.21. The van der Waals surface area contributed by atoms with Crippen LogP contribution >= 0.6 is 0 Å². The van der Waals surface area contributed by atoms with Crippen LogP contribution in [0.25, 0.3) is 0 Å². The molecule has 0 aliphatic carbocycles. The number of methoxy groups -OCH3 is 1. The molecular formula is C18H38N4O2. The molecule has 6 heteroatoms. The van der Waals surface area contributed by atoms with Gasteiger partial charge in [0.1, 0.15) is 0 Å². The van der Waals surface area contributed by atoms with Gasteiger partial charge in [-0.15, -0.1) is 0 Å². The Kier molecular flexibility index (Phi) is 11.9. The molecule has 142 valence electrons. The molecule has 0 bridgehead atoms. The quantitative estimate of drug-likeness (QED) is 0.353. The summed E-state index contributed by atoms with van der Waals surface area (Å²) in [5.74, 6) is 1.02. The molecule has 0 amide bonds. The third-order valence-electron chi connectivity index (χ3n) is 4.47. The van der Waals surface area contributed by atoms with Crippen LogP contribution in [0.1, 0.15) is 39.0 Å². The summed E-state index contributed by atoms with van der Waals surface area (Å²) in [6.07, 6.45) is 6.03. The zero-order valence-corrected chi connectivity index (χ0v) is 16.2. The van der Waals surface area contributed by atoms with Crippen molar-refractivity contribution in [3.05, 3.63) is 0 Å². The summed E-state index contributed by atoms with van der Waals surface area (Å²) >= 11 is 0. The van der Waals surface area contributed by atoms with Crippen molar-refractivity contribution in [2.45, 2.75) is 45.1 Å². The van der Waals surface area contributed by atoms with E-state index in [1.165, 1.54) is 19.4 Å². The van der Waals surface area contributed by atoms with Gasteiger partial charge in [0.2, 0.25) is 0 Å². The van der Waals surface area contributed by atoms with E-state index < -0.39 is 0 Å². The normalized spacial score (nSPS) is 16.9. The molecule has 1 aliphatic heterocycles. The minimum atomic E-state index is 0.386. The number of ether oxygens (including phenoxy) is 2. The van der Waals surface area contributed by atoms with E-state index in [0.29, 0.717) is 6.10 Å². The Hall–Kier alpha value is -0.850. The number of rotatable bonds is 11. The molecule has 1 aliphatic rings. The van der Waals surface area contributed by atoms with Crippen LogP contribution in [0.3, 0.4) is 0 Å². The van der Waals surface area contributed by atoms with Gasteiger partial charge in [0, 0.05) is 53.6 Å². The van der Waals surface area contributed by atoms with Crippen LogP contribution in [0.15, 0.2) is 4.99 Å². The van der Waals surface area contributed by atoms with E-state index in [1.54, 1.807) is 7.11 Å². The highest BCUT2D eigenvalue weighted by Crippen LogP contribution is 2.14. The lowest BCUT2D eigenvalue weighted by molar-refractivity contribution is 0.00990. The fourth-order valence-electron chi connectivity index (χ4n) is 2.92. The fourth-order valence-corrected chi connectivity index (χ4v) is 2.92. The summed E-state index contributed by atoms with van der Waals surface area (Å²) in [7, 11) is 5.79. The second kappa shape index (κ2) is 13.4. The summed E-state index contributed by atoms with van der Waals surface area (Å²) in [4.78, 5) is 9.16. The number of nitrogens with zero attached hydrogens (tertiary/aromatic N) is 3. The molecule has 0 radical (unpaired) electrons. The number of hydrogen-bond donors (Lipinski definition) is 1. The zero-order chi connectivity index (χ0) is 17.6. The number of nitrogens with one attached hydrogen (secondary N) is 1. The van der Waals surface area contributed by atoms with Crippen molar-refractivity contribution in [3.8, 4) is 0 Å². The molecular weight excluding hydrogens is 304 g/mol. The van der Waals surface area contributed by atoms with Gasteiger partial charge in [-0.05, 0) is 39.3 Å². The first-order valence-corrected chi connectivity index (χ1v) is 9.46. The predicted octanol–water partition coefficient (Wildman–Crippen LogP) is 1.81. The van der Waals surface area contributed by atoms with Gasteiger partial charge in [0.15, 0.2) is 5.96 Å². The number of unbranched alkanes of at least 4 members (excludes halogenated alkanes) is 1. The molecule has 0 saturated carbocycles. The summed E-state index contributed by atoms with van der Waals surface area (Å²) in [6, 6.07) is 0. The van der Waals surface area contributed by atoms with Crippen molar-refractivity contribution in [1.82, 2.24) is 15.1 Å². The van der Waals surface area contributed by atoms with Crippen LogP contribution in [0.2, 0.25) is 0 Å². The van der Waals surface area contributed by atoms with Crippen LogP contribution in [0, 0.1) is 0 Å². The van der Waals surface area contributed by atoms with Crippen LogP contribution in [0.5, 0.6) is 0 Å². The first kappa shape index (κ1) is 21.2. The van der Waals surface area contributed by atoms with Gasteiger partial charge in [-0.2, -0.15) is 0 Å². The summed E-state index contributed by atoms with van der Waals surface area (Å²) in [5.41, 5.74) is 0. The van der Waals surface area contributed by atoms with Gasteiger partial charge in [-0.25, -0.2) is 0 Å². The van der Waals surface area contributed by atoms with Gasteiger partial charge >= 0.3 is 0 Å². The Morgan fingerprint density at radius 1 is 1.21 bits per heavy atom.